The van der Waals surface area contributed by atoms with Gasteiger partial charge in [0.25, 0.3) is 5.91 Å². The third-order valence-electron chi connectivity index (χ3n) is 4.56. The van der Waals surface area contributed by atoms with Crippen molar-refractivity contribution in [1.82, 2.24) is 9.88 Å². The molecule has 2 aromatic rings. The van der Waals surface area contributed by atoms with Gasteiger partial charge in [-0.15, -0.1) is 0 Å². The molecule has 0 fully saturated rings. The highest BCUT2D eigenvalue weighted by molar-refractivity contribution is 6.01. The van der Waals surface area contributed by atoms with Gasteiger partial charge in [-0.2, -0.15) is 0 Å². The van der Waals surface area contributed by atoms with E-state index in [1.54, 1.807) is 25.2 Å². The van der Waals surface area contributed by atoms with Crippen LogP contribution in [0.25, 0.3) is 11.3 Å². The number of ether oxygens (including phenoxy) is 2. The summed E-state index contributed by atoms with van der Waals surface area (Å²) in [5, 5.41) is 0. The minimum atomic E-state index is -0.0359. The first-order valence-corrected chi connectivity index (χ1v) is 8.37. The van der Waals surface area contributed by atoms with E-state index in [0.29, 0.717) is 23.6 Å². The lowest BCUT2D eigenvalue weighted by atomic mass is 10.0. The number of nitrogens with zero attached hydrogens (tertiary/aromatic N) is 2. The van der Waals surface area contributed by atoms with E-state index < -0.39 is 0 Å². The Kier molecular flexibility index (Phi) is 4.80. The molecule has 0 saturated heterocycles. The summed E-state index contributed by atoms with van der Waals surface area (Å²) in [6, 6.07) is 7.54. The van der Waals surface area contributed by atoms with Crippen LogP contribution in [0, 0.1) is 6.92 Å². The lowest BCUT2D eigenvalue weighted by Gasteiger charge is -2.15. The molecule has 0 spiro atoms. The molecule has 0 saturated carbocycles. The van der Waals surface area contributed by atoms with E-state index in [9.17, 15) is 4.79 Å². The highest BCUT2D eigenvalue weighted by atomic mass is 16.5. The van der Waals surface area contributed by atoms with Gasteiger partial charge in [-0.05, 0) is 43.7 Å². The van der Waals surface area contributed by atoms with Gasteiger partial charge in [-0.25, -0.2) is 4.98 Å². The van der Waals surface area contributed by atoms with Gasteiger partial charge in [-0.3, -0.25) is 4.79 Å². The maximum Gasteiger partial charge on any atom is 0.260 e. The Labute approximate surface area is 153 Å². The summed E-state index contributed by atoms with van der Waals surface area (Å²) in [6.45, 7) is 8.05. The van der Waals surface area contributed by atoms with E-state index in [4.69, 9.17) is 14.5 Å². The van der Waals surface area contributed by atoms with Crippen LogP contribution >= 0.6 is 0 Å². The van der Waals surface area contributed by atoms with Gasteiger partial charge in [-0.1, -0.05) is 12.7 Å². The van der Waals surface area contributed by atoms with Crippen LogP contribution in [0.3, 0.4) is 0 Å². The number of fused-ring (bicyclic) bond motifs is 1. The number of methoxy groups -OCH3 is 2. The van der Waals surface area contributed by atoms with Crippen LogP contribution in [0.1, 0.15) is 28.5 Å². The Morgan fingerprint density at radius 3 is 2.65 bits per heavy atom. The molecule has 1 aromatic carbocycles. The molecule has 0 radical (unpaired) electrons. The largest absolute Gasteiger partial charge is 0.497 e. The molecule has 0 N–H and O–H groups in total. The second-order valence-corrected chi connectivity index (χ2v) is 6.02. The highest BCUT2D eigenvalue weighted by Gasteiger charge is 2.32. The van der Waals surface area contributed by atoms with E-state index in [2.05, 4.69) is 6.58 Å². The molecular weight excluding hydrogens is 328 g/mol. The van der Waals surface area contributed by atoms with Crippen LogP contribution in [0.15, 0.2) is 48.7 Å². The third kappa shape index (κ3) is 2.86. The number of rotatable bonds is 5. The number of pyridine rings is 1. The Hall–Kier alpha value is -3.08. The highest BCUT2D eigenvalue weighted by Crippen LogP contribution is 2.36. The number of carbonyl (C=O) groups is 1. The summed E-state index contributed by atoms with van der Waals surface area (Å²) in [4.78, 5) is 19.2. The fourth-order valence-corrected chi connectivity index (χ4v) is 3.24. The zero-order valence-electron chi connectivity index (χ0n) is 15.5. The average molecular weight is 350 g/mol. The van der Waals surface area contributed by atoms with Crippen LogP contribution in [0.4, 0.5) is 0 Å². The molecule has 26 heavy (non-hydrogen) atoms. The molecule has 2 heterocycles. The van der Waals surface area contributed by atoms with Gasteiger partial charge >= 0.3 is 0 Å². The van der Waals surface area contributed by atoms with Crippen molar-refractivity contribution in [3.63, 3.8) is 0 Å². The van der Waals surface area contributed by atoms with Crippen molar-refractivity contribution in [1.29, 1.82) is 0 Å². The number of aryl methyl sites for hydroxylation is 1. The summed E-state index contributed by atoms with van der Waals surface area (Å²) in [5.41, 5.74) is 4.76. The Morgan fingerprint density at radius 1 is 1.27 bits per heavy atom. The number of allylic oxidation sites excluding steroid dienone is 2. The second-order valence-electron chi connectivity index (χ2n) is 6.02. The zero-order valence-corrected chi connectivity index (χ0v) is 15.5. The predicted octanol–water partition coefficient (Wildman–Crippen LogP) is 4.12. The van der Waals surface area contributed by atoms with E-state index in [-0.39, 0.29) is 5.91 Å². The Morgan fingerprint density at radius 2 is 2.04 bits per heavy atom. The van der Waals surface area contributed by atoms with Crippen LogP contribution in [0.2, 0.25) is 0 Å². The van der Waals surface area contributed by atoms with Gasteiger partial charge < -0.3 is 14.4 Å². The van der Waals surface area contributed by atoms with Gasteiger partial charge in [0.15, 0.2) is 0 Å². The molecule has 1 aliphatic heterocycles. The van der Waals surface area contributed by atoms with Crippen molar-refractivity contribution in [2.75, 3.05) is 14.2 Å². The number of carbonyl (C=O) groups excluding carboxylic acids is 1. The van der Waals surface area contributed by atoms with Crippen molar-refractivity contribution in [3.05, 3.63) is 65.5 Å². The standard InChI is InChI=1S/C21H22N2O3/c1-6-14(7-2)23-12-18-20(21(23)24)13(3)10-17(22-18)16-9-8-15(25-4)11-19(16)26-5/h6-11H,1,12H2,2-5H3/b14-7+. The molecule has 3 rings (SSSR count). The lowest BCUT2D eigenvalue weighted by Crippen LogP contribution is -2.22. The normalized spacial score (nSPS) is 13.6. The summed E-state index contributed by atoms with van der Waals surface area (Å²) in [6.07, 6.45) is 3.56. The van der Waals surface area contributed by atoms with Crippen molar-refractivity contribution >= 4 is 5.91 Å². The van der Waals surface area contributed by atoms with Gasteiger partial charge in [0, 0.05) is 17.3 Å². The minimum Gasteiger partial charge on any atom is -0.497 e. The molecule has 0 atom stereocenters. The smallest absolute Gasteiger partial charge is 0.260 e. The monoisotopic (exact) mass is 350 g/mol. The Balaban J connectivity index is 2.09. The number of hydrogen-bond acceptors (Lipinski definition) is 4. The molecule has 134 valence electrons. The molecule has 0 bridgehead atoms. The quantitative estimate of drug-likeness (QED) is 0.761. The van der Waals surface area contributed by atoms with Crippen molar-refractivity contribution < 1.29 is 14.3 Å². The van der Waals surface area contributed by atoms with Crippen LogP contribution in [0.5, 0.6) is 11.5 Å². The van der Waals surface area contributed by atoms with Crippen molar-refractivity contribution in [3.8, 4) is 22.8 Å². The van der Waals surface area contributed by atoms with E-state index in [1.807, 2.05) is 44.2 Å². The zero-order chi connectivity index (χ0) is 18.8. The first-order chi connectivity index (χ1) is 12.5. The van der Waals surface area contributed by atoms with Crippen LogP contribution < -0.4 is 9.47 Å². The number of benzene rings is 1. The van der Waals surface area contributed by atoms with E-state index in [1.165, 1.54) is 0 Å². The average Bonchev–Trinajstić information content (AvgIpc) is 2.99. The molecule has 5 nitrogen and oxygen atoms in total. The van der Waals surface area contributed by atoms with Crippen molar-refractivity contribution in [2.24, 2.45) is 0 Å². The lowest BCUT2D eigenvalue weighted by molar-refractivity contribution is 0.0830. The second kappa shape index (κ2) is 7.04. The van der Waals surface area contributed by atoms with Gasteiger partial charge in [0.2, 0.25) is 0 Å². The maximum absolute atomic E-state index is 12.8. The molecule has 1 aromatic heterocycles. The fraction of sp³-hybridized carbons (Fsp3) is 0.238. The number of aromatic nitrogens is 1. The van der Waals surface area contributed by atoms with Crippen LogP contribution in [-0.2, 0) is 6.54 Å². The molecule has 0 aliphatic carbocycles. The van der Waals surface area contributed by atoms with Crippen molar-refractivity contribution in [2.45, 2.75) is 20.4 Å². The number of hydrogen-bond donors (Lipinski definition) is 0. The van der Waals surface area contributed by atoms with Gasteiger partial charge in [0.1, 0.15) is 11.5 Å². The minimum absolute atomic E-state index is 0.0359. The van der Waals surface area contributed by atoms with E-state index >= 15 is 0 Å². The van der Waals surface area contributed by atoms with Gasteiger partial charge in [0.05, 0.1) is 37.7 Å². The summed E-state index contributed by atoms with van der Waals surface area (Å²) >= 11 is 0. The molecule has 1 aliphatic rings. The molecular formula is C21H22N2O3. The maximum atomic E-state index is 12.8. The molecule has 1 amide bonds. The SMILES string of the molecule is C=C/C(=C\C)N1Cc2nc(-c3ccc(OC)cc3OC)cc(C)c2C1=O. The fourth-order valence-electron chi connectivity index (χ4n) is 3.24. The molecule has 0 unspecified atom stereocenters. The first-order valence-electron chi connectivity index (χ1n) is 8.37. The Bertz CT molecular complexity index is 916. The third-order valence-corrected chi connectivity index (χ3v) is 4.56. The van der Waals surface area contributed by atoms with Crippen LogP contribution in [-0.4, -0.2) is 30.0 Å². The predicted molar refractivity (Wildman–Crippen MR) is 101 cm³/mol. The summed E-state index contributed by atoms with van der Waals surface area (Å²) in [5.74, 6) is 1.36. The summed E-state index contributed by atoms with van der Waals surface area (Å²) in [7, 11) is 3.23. The number of amides is 1. The molecule has 5 heteroatoms. The topological polar surface area (TPSA) is 51.7 Å². The summed E-state index contributed by atoms with van der Waals surface area (Å²) < 4.78 is 10.8. The first kappa shape index (κ1) is 17.7. The van der Waals surface area contributed by atoms with E-state index in [0.717, 1.165) is 28.2 Å².